The second kappa shape index (κ2) is 7.83. The molecule has 138 valence electrons. The molecule has 3 aromatic rings. The molecule has 3 rings (SSSR count). The van der Waals surface area contributed by atoms with Gasteiger partial charge in [0.15, 0.2) is 0 Å². The van der Waals surface area contributed by atoms with Gasteiger partial charge in [0.1, 0.15) is 11.7 Å². The van der Waals surface area contributed by atoms with Crippen molar-refractivity contribution in [3.8, 4) is 5.69 Å². The van der Waals surface area contributed by atoms with E-state index in [-0.39, 0.29) is 17.5 Å². The van der Waals surface area contributed by atoms with Crippen molar-refractivity contribution in [3.63, 3.8) is 0 Å². The Morgan fingerprint density at radius 1 is 1.15 bits per heavy atom. The summed E-state index contributed by atoms with van der Waals surface area (Å²) in [6.07, 6.45) is 1.62. The number of hydrogen-bond donors (Lipinski definition) is 3. The highest BCUT2D eigenvalue weighted by atomic mass is 32.1. The Kier molecular flexibility index (Phi) is 5.32. The van der Waals surface area contributed by atoms with Crippen molar-refractivity contribution in [2.24, 2.45) is 5.73 Å². The maximum absolute atomic E-state index is 12.3. The minimum atomic E-state index is -0.691. The maximum Gasteiger partial charge on any atom is 0.269 e. The van der Waals surface area contributed by atoms with E-state index in [1.807, 2.05) is 0 Å². The molecule has 0 bridgehead atoms. The highest BCUT2D eigenvalue weighted by Crippen LogP contribution is 2.14. The largest absolute Gasteiger partial charge is 0.364 e. The summed E-state index contributed by atoms with van der Waals surface area (Å²) in [5.74, 6) is -1.22. The molecule has 0 fully saturated rings. The quantitative estimate of drug-likeness (QED) is 0.601. The zero-order valence-corrected chi connectivity index (χ0v) is 15.2. The predicted molar refractivity (Wildman–Crippen MR) is 102 cm³/mol. The first-order valence-corrected chi connectivity index (χ1v) is 8.93. The average molecular weight is 383 g/mol. The topological polar surface area (TPSA) is 119 Å². The molecule has 2 heterocycles. The van der Waals surface area contributed by atoms with Crippen LogP contribution in [0.3, 0.4) is 0 Å². The summed E-state index contributed by atoms with van der Waals surface area (Å²) in [5.41, 5.74) is 6.64. The first-order valence-electron chi connectivity index (χ1n) is 8.05. The van der Waals surface area contributed by atoms with Crippen molar-refractivity contribution in [1.82, 2.24) is 15.1 Å². The van der Waals surface area contributed by atoms with Gasteiger partial charge in [-0.2, -0.15) is 5.10 Å². The van der Waals surface area contributed by atoms with Crippen molar-refractivity contribution in [1.29, 1.82) is 0 Å². The standard InChI is InChI=1S/C18H17N5O3S/c1-11(20-18(26)15-3-2-10-27-15)17(25)21-12-4-6-13(7-5-12)23-9-8-14(22-23)16(19)24/h2-11H,1H3,(H2,19,24)(H,20,26)(H,21,25). The van der Waals surface area contributed by atoms with E-state index in [2.05, 4.69) is 15.7 Å². The summed E-state index contributed by atoms with van der Waals surface area (Å²) < 4.78 is 1.51. The van der Waals surface area contributed by atoms with E-state index >= 15 is 0 Å². The molecule has 4 N–H and O–H groups in total. The molecule has 0 spiro atoms. The predicted octanol–water partition coefficient (Wildman–Crippen LogP) is 1.79. The zero-order valence-electron chi connectivity index (χ0n) is 14.4. The molecule has 1 aromatic carbocycles. The number of aromatic nitrogens is 2. The Hall–Kier alpha value is -3.46. The van der Waals surface area contributed by atoms with Crippen LogP contribution in [0.2, 0.25) is 0 Å². The lowest BCUT2D eigenvalue weighted by atomic mass is 10.2. The number of amides is 3. The van der Waals surface area contributed by atoms with E-state index in [4.69, 9.17) is 5.73 Å². The molecular weight excluding hydrogens is 366 g/mol. The molecule has 0 aliphatic rings. The monoisotopic (exact) mass is 383 g/mol. The maximum atomic E-state index is 12.3. The van der Waals surface area contributed by atoms with Crippen molar-refractivity contribution >= 4 is 34.7 Å². The number of nitrogens with zero attached hydrogens (tertiary/aromatic N) is 2. The van der Waals surface area contributed by atoms with Gasteiger partial charge >= 0.3 is 0 Å². The minimum Gasteiger partial charge on any atom is -0.364 e. The van der Waals surface area contributed by atoms with Gasteiger partial charge in [-0.1, -0.05) is 6.07 Å². The van der Waals surface area contributed by atoms with Crippen LogP contribution in [-0.4, -0.2) is 33.5 Å². The molecule has 0 saturated carbocycles. The van der Waals surface area contributed by atoms with Crippen molar-refractivity contribution in [2.75, 3.05) is 5.32 Å². The van der Waals surface area contributed by atoms with Crippen LogP contribution < -0.4 is 16.4 Å². The van der Waals surface area contributed by atoms with Crippen LogP contribution >= 0.6 is 11.3 Å². The van der Waals surface area contributed by atoms with Crippen LogP contribution in [0.15, 0.2) is 54.0 Å². The van der Waals surface area contributed by atoms with Crippen LogP contribution in [0, 0.1) is 0 Å². The van der Waals surface area contributed by atoms with Crippen LogP contribution in [0.5, 0.6) is 0 Å². The van der Waals surface area contributed by atoms with Gasteiger partial charge in [0.25, 0.3) is 11.8 Å². The number of nitrogens with two attached hydrogens (primary N) is 1. The zero-order chi connectivity index (χ0) is 19.4. The van der Waals surface area contributed by atoms with Gasteiger partial charge in [0, 0.05) is 11.9 Å². The molecule has 9 heteroatoms. The lowest BCUT2D eigenvalue weighted by Gasteiger charge is -2.14. The molecule has 0 radical (unpaired) electrons. The number of rotatable bonds is 6. The second-order valence-electron chi connectivity index (χ2n) is 5.72. The number of benzene rings is 1. The Morgan fingerprint density at radius 2 is 1.89 bits per heavy atom. The normalized spacial score (nSPS) is 11.6. The van der Waals surface area contributed by atoms with Crippen molar-refractivity contribution in [2.45, 2.75) is 13.0 Å². The third kappa shape index (κ3) is 4.39. The smallest absolute Gasteiger partial charge is 0.269 e. The fourth-order valence-corrected chi connectivity index (χ4v) is 2.92. The van der Waals surface area contributed by atoms with Gasteiger partial charge in [0.2, 0.25) is 5.91 Å². The number of nitrogens with one attached hydrogen (secondary N) is 2. The summed E-state index contributed by atoms with van der Waals surface area (Å²) in [6.45, 7) is 1.62. The Labute approximate surface area is 159 Å². The lowest BCUT2D eigenvalue weighted by molar-refractivity contribution is -0.117. The van der Waals surface area contributed by atoms with E-state index < -0.39 is 11.9 Å². The molecule has 2 aromatic heterocycles. The summed E-state index contributed by atoms with van der Waals surface area (Å²) in [5, 5.41) is 11.3. The van der Waals surface area contributed by atoms with Gasteiger partial charge in [-0.25, -0.2) is 4.68 Å². The SMILES string of the molecule is CC(NC(=O)c1cccs1)C(=O)Nc1ccc(-n2ccc(C(N)=O)n2)cc1. The van der Waals surface area contributed by atoms with Gasteiger partial charge in [-0.05, 0) is 48.7 Å². The van der Waals surface area contributed by atoms with Crippen LogP contribution in [-0.2, 0) is 4.79 Å². The number of anilines is 1. The molecule has 0 aliphatic carbocycles. The highest BCUT2D eigenvalue weighted by Gasteiger charge is 2.17. The van der Waals surface area contributed by atoms with Crippen molar-refractivity contribution < 1.29 is 14.4 Å². The molecule has 27 heavy (non-hydrogen) atoms. The Morgan fingerprint density at radius 3 is 2.48 bits per heavy atom. The Balaban J connectivity index is 1.60. The minimum absolute atomic E-state index is 0.169. The van der Waals surface area contributed by atoms with E-state index in [9.17, 15) is 14.4 Å². The summed E-state index contributed by atoms with van der Waals surface area (Å²) in [4.78, 5) is 35.9. The van der Waals surface area contributed by atoms with E-state index in [0.29, 0.717) is 16.3 Å². The Bertz CT molecular complexity index is 963. The number of carbonyl (C=O) groups excluding carboxylic acids is 3. The van der Waals surface area contributed by atoms with Crippen molar-refractivity contribution in [3.05, 3.63) is 64.6 Å². The van der Waals surface area contributed by atoms with Gasteiger partial charge < -0.3 is 16.4 Å². The molecule has 1 atom stereocenters. The van der Waals surface area contributed by atoms with Crippen LogP contribution in [0.4, 0.5) is 5.69 Å². The van der Waals surface area contributed by atoms with Gasteiger partial charge in [0.05, 0.1) is 10.6 Å². The molecule has 3 amide bonds. The van der Waals surface area contributed by atoms with E-state index in [1.54, 1.807) is 54.9 Å². The molecule has 1 unspecified atom stereocenters. The number of hydrogen-bond acceptors (Lipinski definition) is 5. The third-order valence-electron chi connectivity index (χ3n) is 3.73. The molecule has 0 saturated heterocycles. The van der Waals surface area contributed by atoms with Gasteiger partial charge in [-0.3, -0.25) is 14.4 Å². The highest BCUT2D eigenvalue weighted by molar-refractivity contribution is 7.12. The first-order chi connectivity index (χ1) is 12.9. The summed E-state index contributed by atoms with van der Waals surface area (Å²) in [7, 11) is 0. The summed E-state index contributed by atoms with van der Waals surface area (Å²) >= 11 is 1.31. The number of thiophene rings is 1. The molecular formula is C18H17N5O3S. The lowest BCUT2D eigenvalue weighted by Crippen LogP contribution is -2.41. The summed E-state index contributed by atoms with van der Waals surface area (Å²) in [6, 6.07) is 11.2. The fourth-order valence-electron chi connectivity index (χ4n) is 2.29. The van der Waals surface area contributed by atoms with Crippen LogP contribution in [0.1, 0.15) is 27.1 Å². The van der Waals surface area contributed by atoms with Gasteiger partial charge in [-0.15, -0.1) is 11.3 Å². The van der Waals surface area contributed by atoms with E-state index in [0.717, 1.165) is 0 Å². The first kappa shape index (κ1) is 18.3. The number of carbonyl (C=O) groups is 3. The van der Waals surface area contributed by atoms with E-state index in [1.165, 1.54) is 22.1 Å². The average Bonchev–Trinajstić information content (AvgIpc) is 3.34. The second-order valence-corrected chi connectivity index (χ2v) is 6.67. The molecule has 8 nitrogen and oxygen atoms in total. The molecule has 0 aliphatic heterocycles. The van der Waals surface area contributed by atoms with Crippen LogP contribution in [0.25, 0.3) is 5.69 Å². The number of primary amides is 1. The third-order valence-corrected chi connectivity index (χ3v) is 4.60. The fraction of sp³-hybridized carbons (Fsp3) is 0.111.